The summed E-state index contributed by atoms with van der Waals surface area (Å²) < 4.78 is 11.8. The van der Waals surface area contributed by atoms with Crippen LogP contribution < -0.4 is 9.47 Å². The van der Waals surface area contributed by atoms with E-state index < -0.39 is 0 Å². The third-order valence-corrected chi connectivity index (χ3v) is 8.32. The summed E-state index contributed by atoms with van der Waals surface area (Å²) in [5, 5.41) is 10.2. The Morgan fingerprint density at radius 2 is 1.29 bits per heavy atom. The van der Waals surface area contributed by atoms with Crippen molar-refractivity contribution in [3.63, 3.8) is 0 Å². The van der Waals surface area contributed by atoms with Crippen molar-refractivity contribution in [2.45, 2.75) is 117 Å². The Bertz CT molecular complexity index is 784. The molecular weight excluding hydrogens is 452 g/mol. The van der Waals surface area contributed by atoms with Gasteiger partial charge in [-0.3, -0.25) is 0 Å². The molecule has 0 saturated heterocycles. The number of aromatic nitrogens is 2. The minimum Gasteiger partial charge on any atom is -0.494 e. The quantitative estimate of drug-likeness (QED) is 0.191. The van der Waals surface area contributed by atoms with Crippen molar-refractivity contribution in [1.82, 2.24) is 10.2 Å². The summed E-state index contributed by atoms with van der Waals surface area (Å²) in [4.78, 5) is 0. The van der Waals surface area contributed by atoms with Crippen LogP contribution in [-0.4, -0.2) is 23.4 Å². The van der Waals surface area contributed by atoms with Crippen molar-refractivity contribution >= 4 is 11.3 Å². The molecule has 0 atom stereocenters. The average Bonchev–Trinajstić information content (AvgIpc) is 3.36. The number of nitrogens with zero attached hydrogens (tertiary/aromatic N) is 2. The van der Waals surface area contributed by atoms with Gasteiger partial charge in [-0.2, -0.15) is 0 Å². The number of hydrogen-bond acceptors (Lipinski definition) is 5. The zero-order chi connectivity index (χ0) is 24.6. The van der Waals surface area contributed by atoms with Gasteiger partial charge in [0.15, 0.2) is 5.01 Å². The first kappa shape index (κ1) is 28.0. The first-order chi connectivity index (χ1) is 17.3. The van der Waals surface area contributed by atoms with E-state index >= 15 is 0 Å². The second kappa shape index (κ2) is 16.9. The molecule has 0 amide bonds. The molecule has 1 aromatic heterocycles. The molecule has 0 aliphatic heterocycles. The molecule has 0 spiro atoms. The molecular formula is C30H48N2O2S. The first-order valence-corrected chi connectivity index (χ1v) is 15.3. The summed E-state index contributed by atoms with van der Waals surface area (Å²) >= 11 is 1.53. The van der Waals surface area contributed by atoms with E-state index in [9.17, 15) is 0 Å². The van der Waals surface area contributed by atoms with Gasteiger partial charge in [0.2, 0.25) is 0 Å². The van der Waals surface area contributed by atoms with Gasteiger partial charge in [0.05, 0.1) is 13.2 Å². The van der Waals surface area contributed by atoms with Crippen molar-refractivity contribution in [3.8, 4) is 21.5 Å². The maximum atomic E-state index is 5.93. The molecule has 1 fully saturated rings. The van der Waals surface area contributed by atoms with E-state index in [2.05, 4.69) is 36.2 Å². The number of benzene rings is 1. The molecule has 0 bridgehead atoms. The second-order valence-electron chi connectivity index (χ2n) is 10.4. The predicted molar refractivity (Wildman–Crippen MR) is 149 cm³/mol. The lowest BCUT2D eigenvalue weighted by atomic mass is 9.78. The summed E-state index contributed by atoms with van der Waals surface area (Å²) in [5.74, 6) is 2.82. The summed E-state index contributed by atoms with van der Waals surface area (Å²) in [6.45, 7) is 6.09. The van der Waals surface area contributed by atoms with Crippen molar-refractivity contribution < 1.29 is 9.47 Å². The maximum Gasteiger partial charge on any atom is 0.294 e. The van der Waals surface area contributed by atoms with E-state index in [0.29, 0.717) is 5.19 Å². The molecule has 0 N–H and O–H groups in total. The molecule has 35 heavy (non-hydrogen) atoms. The molecule has 2 aromatic rings. The van der Waals surface area contributed by atoms with Crippen molar-refractivity contribution in [1.29, 1.82) is 0 Å². The molecule has 1 aliphatic carbocycles. The Hall–Kier alpha value is -1.62. The molecule has 196 valence electrons. The highest BCUT2D eigenvalue weighted by molar-refractivity contribution is 7.16. The van der Waals surface area contributed by atoms with Gasteiger partial charge >= 0.3 is 0 Å². The number of rotatable bonds is 18. The Morgan fingerprint density at radius 3 is 2.00 bits per heavy atom. The van der Waals surface area contributed by atoms with Gasteiger partial charge in [-0.15, -0.1) is 5.10 Å². The Morgan fingerprint density at radius 1 is 0.686 bits per heavy atom. The molecule has 0 unspecified atom stereocenters. The van der Waals surface area contributed by atoms with Crippen LogP contribution in [0.1, 0.15) is 117 Å². The highest BCUT2D eigenvalue weighted by atomic mass is 32.1. The zero-order valence-corrected chi connectivity index (χ0v) is 23.1. The third kappa shape index (κ3) is 10.9. The van der Waals surface area contributed by atoms with E-state index in [0.717, 1.165) is 54.2 Å². The summed E-state index contributed by atoms with van der Waals surface area (Å²) in [5.41, 5.74) is 1.07. The fourth-order valence-corrected chi connectivity index (χ4v) is 5.90. The van der Waals surface area contributed by atoms with Gasteiger partial charge in [-0.25, -0.2) is 0 Å². The highest BCUT2D eigenvalue weighted by Crippen LogP contribution is 2.34. The molecule has 3 rings (SSSR count). The maximum absolute atomic E-state index is 5.93. The van der Waals surface area contributed by atoms with Crippen LogP contribution in [0.25, 0.3) is 10.6 Å². The second-order valence-corrected chi connectivity index (χ2v) is 11.3. The minimum absolute atomic E-state index is 0.683. The summed E-state index contributed by atoms with van der Waals surface area (Å²) in [7, 11) is 0. The lowest BCUT2D eigenvalue weighted by molar-refractivity contribution is 0.227. The molecule has 1 aromatic carbocycles. The SMILES string of the molecule is CCCCCCCCOc1ccc(-c2nnc(OCCCC3CCC(CCCCC)CC3)s2)cc1. The number of unbranched alkanes of at least 4 members (excludes halogenated alkanes) is 7. The van der Waals surface area contributed by atoms with E-state index in [-0.39, 0.29) is 0 Å². The Kier molecular flexibility index (Phi) is 13.5. The minimum atomic E-state index is 0.683. The largest absolute Gasteiger partial charge is 0.494 e. The third-order valence-electron chi connectivity index (χ3n) is 7.44. The Labute approximate surface area is 218 Å². The number of ether oxygens (including phenoxy) is 2. The van der Waals surface area contributed by atoms with Crippen molar-refractivity contribution in [3.05, 3.63) is 24.3 Å². The van der Waals surface area contributed by atoms with Crippen molar-refractivity contribution in [2.75, 3.05) is 13.2 Å². The van der Waals surface area contributed by atoms with E-state index in [1.807, 2.05) is 12.1 Å². The monoisotopic (exact) mass is 500 g/mol. The molecule has 5 heteroatoms. The van der Waals surface area contributed by atoms with Crippen LogP contribution in [0.2, 0.25) is 0 Å². The van der Waals surface area contributed by atoms with Gasteiger partial charge in [0, 0.05) is 5.56 Å². The topological polar surface area (TPSA) is 44.2 Å². The lowest BCUT2D eigenvalue weighted by Gasteiger charge is -2.28. The summed E-state index contributed by atoms with van der Waals surface area (Å²) in [6, 6.07) is 8.21. The molecule has 1 heterocycles. The van der Waals surface area contributed by atoms with Gasteiger partial charge in [0.25, 0.3) is 5.19 Å². The zero-order valence-electron chi connectivity index (χ0n) is 22.3. The van der Waals surface area contributed by atoms with Gasteiger partial charge in [-0.1, -0.05) is 114 Å². The van der Waals surface area contributed by atoms with Gasteiger partial charge in [-0.05, 0) is 55.4 Å². The van der Waals surface area contributed by atoms with Crippen molar-refractivity contribution in [2.24, 2.45) is 11.8 Å². The van der Waals surface area contributed by atoms with Crippen LogP contribution in [0, 0.1) is 11.8 Å². The van der Waals surface area contributed by atoms with E-state index in [1.54, 1.807) is 0 Å². The molecule has 1 saturated carbocycles. The standard InChI is InChI=1S/C30H48N2O2S/c1-3-5-7-8-9-11-23-33-28-21-19-27(20-22-28)29-31-32-30(35-29)34-24-12-14-26-17-15-25(16-18-26)13-10-6-4-2/h19-22,25-26H,3-18,23-24H2,1-2H3. The predicted octanol–water partition coefficient (Wildman–Crippen LogP) is 9.49. The van der Waals surface area contributed by atoms with Crippen LogP contribution >= 0.6 is 11.3 Å². The average molecular weight is 501 g/mol. The van der Waals surface area contributed by atoms with Gasteiger partial charge in [0.1, 0.15) is 5.75 Å². The fourth-order valence-electron chi connectivity index (χ4n) is 5.17. The van der Waals surface area contributed by atoms with Crippen LogP contribution in [0.3, 0.4) is 0 Å². The molecule has 0 radical (unpaired) electrons. The molecule has 4 nitrogen and oxygen atoms in total. The summed E-state index contributed by atoms with van der Waals surface area (Å²) in [6.07, 6.45) is 21.4. The highest BCUT2D eigenvalue weighted by Gasteiger charge is 2.20. The fraction of sp³-hybridized carbons (Fsp3) is 0.733. The van der Waals surface area contributed by atoms with Crippen LogP contribution in [0.4, 0.5) is 0 Å². The van der Waals surface area contributed by atoms with Crippen LogP contribution in [-0.2, 0) is 0 Å². The van der Waals surface area contributed by atoms with Crippen LogP contribution in [0.15, 0.2) is 24.3 Å². The lowest BCUT2D eigenvalue weighted by Crippen LogP contribution is -2.15. The van der Waals surface area contributed by atoms with E-state index in [4.69, 9.17) is 9.47 Å². The van der Waals surface area contributed by atoms with E-state index in [1.165, 1.54) is 101 Å². The first-order valence-electron chi connectivity index (χ1n) is 14.5. The Balaban J connectivity index is 1.28. The van der Waals surface area contributed by atoms with Crippen LogP contribution in [0.5, 0.6) is 10.9 Å². The van der Waals surface area contributed by atoms with Gasteiger partial charge < -0.3 is 9.47 Å². The smallest absolute Gasteiger partial charge is 0.294 e. The molecule has 1 aliphatic rings. The number of hydrogen-bond donors (Lipinski definition) is 0. The normalized spacial score (nSPS) is 18.0.